The Morgan fingerprint density at radius 1 is 1.36 bits per heavy atom. The molecule has 1 aromatic heterocycles. The number of rotatable bonds is 2. The Morgan fingerprint density at radius 3 is 2.86 bits per heavy atom. The number of anilines is 1. The molecule has 22 heavy (non-hydrogen) atoms. The van der Waals surface area contributed by atoms with E-state index in [4.69, 9.17) is 10.2 Å². The summed E-state index contributed by atoms with van der Waals surface area (Å²) in [4.78, 5) is 15.0. The topological polar surface area (TPSA) is 82.9 Å². The van der Waals surface area contributed by atoms with E-state index in [1.54, 1.807) is 6.26 Å². The van der Waals surface area contributed by atoms with Gasteiger partial charge in [-0.15, -0.1) is 0 Å². The molecule has 0 aliphatic carbocycles. The number of piperazine rings is 1. The van der Waals surface area contributed by atoms with E-state index in [-0.39, 0.29) is 12.1 Å². The second kappa shape index (κ2) is 5.53. The van der Waals surface area contributed by atoms with E-state index in [1.807, 2.05) is 32.0 Å². The van der Waals surface area contributed by atoms with Crippen LogP contribution in [0.3, 0.4) is 0 Å². The summed E-state index contributed by atoms with van der Waals surface area (Å²) >= 11 is 0. The molecule has 0 radical (unpaired) electrons. The second-order valence-electron chi connectivity index (χ2n) is 6.08. The van der Waals surface area contributed by atoms with Gasteiger partial charge in [0.15, 0.2) is 0 Å². The van der Waals surface area contributed by atoms with Gasteiger partial charge in [0.1, 0.15) is 5.58 Å². The first-order valence-electron chi connectivity index (χ1n) is 7.45. The molecule has 1 aliphatic heterocycles. The van der Waals surface area contributed by atoms with E-state index in [9.17, 15) is 9.90 Å². The Morgan fingerprint density at radius 2 is 2.14 bits per heavy atom. The van der Waals surface area contributed by atoms with Crippen LogP contribution in [-0.4, -0.2) is 46.2 Å². The van der Waals surface area contributed by atoms with E-state index < -0.39 is 6.09 Å². The van der Waals surface area contributed by atoms with Crippen molar-refractivity contribution in [2.45, 2.75) is 32.5 Å². The molecule has 118 valence electrons. The van der Waals surface area contributed by atoms with Crippen molar-refractivity contribution >= 4 is 22.7 Å². The number of hydrogen-bond acceptors (Lipinski definition) is 4. The molecule has 2 heterocycles. The summed E-state index contributed by atoms with van der Waals surface area (Å²) in [5, 5.41) is 10.2. The number of nitrogen functional groups attached to an aromatic ring is 1. The van der Waals surface area contributed by atoms with E-state index in [0.29, 0.717) is 25.3 Å². The second-order valence-corrected chi connectivity index (χ2v) is 6.08. The van der Waals surface area contributed by atoms with Gasteiger partial charge in [-0.25, -0.2) is 4.79 Å². The lowest BCUT2D eigenvalue weighted by Crippen LogP contribution is -2.57. The van der Waals surface area contributed by atoms with Crippen LogP contribution < -0.4 is 5.73 Å². The fraction of sp³-hybridized carbons (Fsp3) is 0.438. The summed E-state index contributed by atoms with van der Waals surface area (Å²) in [6.07, 6.45) is 0.818. The number of benzene rings is 1. The van der Waals surface area contributed by atoms with Crippen LogP contribution in [0.1, 0.15) is 19.4 Å². The number of carbonyl (C=O) groups is 1. The van der Waals surface area contributed by atoms with Crippen LogP contribution in [0.5, 0.6) is 0 Å². The lowest BCUT2D eigenvalue weighted by molar-refractivity contribution is 0.0398. The van der Waals surface area contributed by atoms with Gasteiger partial charge < -0.3 is 20.2 Å². The number of nitrogens with two attached hydrogens (primary N) is 1. The van der Waals surface area contributed by atoms with Gasteiger partial charge in [-0.05, 0) is 32.0 Å². The first-order valence-corrected chi connectivity index (χ1v) is 7.45. The molecule has 1 fully saturated rings. The van der Waals surface area contributed by atoms with Gasteiger partial charge in [0.2, 0.25) is 0 Å². The highest BCUT2D eigenvalue weighted by Crippen LogP contribution is 2.26. The minimum atomic E-state index is -0.851. The highest BCUT2D eigenvalue weighted by atomic mass is 16.4. The van der Waals surface area contributed by atoms with Crippen molar-refractivity contribution in [3.8, 4) is 0 Å². The standard InChI is InChI=1S/C16H21N3O3/c1-10-8-19(16(20)21)11(2)7-18(10)9-13-6-14(17)5-12-3-4-22-15(12)13/h3-6,10-11H,7-9,17H2,1-2H3,(H,20,21)/t10-,11+/m0/s1. The summed E-state index contributed by atoms with van der Waals surface area (Å²) in [7, 11) is 0. The number of hydrogen-bond donors (Lipinski definition) is 2. The van der Waals surface area contributed by atoms with Crippen molar-refractivity contribution in [2.75, 3.05) is 18.8 Å². The number of carboxylic acid groups (broad SMARTS) is 1. The number of amides is 1. The van der Waals surface area contributed by atoms with Gasteiger partial charge in [-0.3, -0.25) is 4.90 Å². The fourth-order valence-electron chi connectivity index (χ4n) is 3.20. The predicted molar refractivity (Wildman–Crippen MR) is 84.7 cm³/mol. The average Bonchev–Trinajstić information content (AvgIpc) is 2.90. The third-order valence-electron chi connectivity index (χ3n) is 4.38. The maximum Gasteiger partial charge on any atom is 0.407 e. The van der Waals surface area contributed by atoms with Crippen molar-refractivity contribution in [1.29, 1.82) is 0 Å². The first-order chi connectivity index (χ1) is 10.5. The van der Waals surface area contributed by atoms with Gasteiger partial charge in [0, 0.05) is 48.4 Å². The Kier molecular flexibility index (Phi) is 3.70. The van der Waals surface area contributed by atoms with E-state index in [2.05, 4.69) is 4.90 Å². The van der Waals surface area contributed by atoms with Gasteiger partial charge in [-0.1, -0.05) is 0 Å². The first kappa shape index (κ1) is 14.7. The van der Waals surface area contributed by atoms with Crippen LogP contribution in [0.15, 0.2) is 28.9 Å². The van der Waals surface area contributed by atoms with Gasteiger partial charge in [0.05, 0.1) is 6.26 Å². The van der Waals surface area contributed by atoms with Crippen molar-refractivity contribution in [1.82, 2.24) is 9.80 Å². The molecule has 1 saturated heterocycles. The van der Waals surface area contributed by atoms with Crippen LogP contribution in [0.25, 0.3) is 11.0 Å². The molecular formula is C16H21N3O3. The molecule has 6 nitrogen and oxygen atoms in total. The largest absolute Gasteiger partial charge is 0.465 e. The minimum absolute atomic E-state index is 0.0261. The van der Waals surface area contributed by atoms with Gasteiger partial charge in [0.25, 0.3) is 0 Å². The fourth-order valence-corrected chi connectivity index (χ4v) is 3.20. The molecule has 1 aliphatic rings. The van der Waals surface area contributed by atoms with E-state index >= 15 is 0 Å². The van der Waals surface area contributed by atoms with Crippen molar-refractivity contribution < 1.29 is 14.3 Å². The predicted octanol–water partition coefficient (Wildman–Crippen LogP) is 2.59. The third kappa shape index (κ3) is 2.62. The third-order valence-corrected chi connectivity index (χ3v) is 4.38. The molecule has 0 saturated carbocycles. The molecule has 0 spiro atoms. The SMILES string of the molecule is C[C@@H]1CN(Cc2cc(N)cc3ccoc23)[C@@H](C)CN1C(=O)O. The molecule has 0 bridgehead atoms. The molecule has 1 amide bonds. The molecule has 6 heteroatoms. The number of fused-ring (bicyclic) bond motifs is 1. The molecule has 2 aromatic rings. The normalized spacial score (nSPS) is 23.1. The van der Waals surface area contributed by atoms with Gasteiger partial charge in [-0.2, -0.15) is 0 Å². The molecule has 0 unspecified atom stereocenters. The summed E-state index contributed by atoms with van der Waals surface area (Å²) in [6, 6.07) is 5.87. The Labute approximate surface area is 129 Å². The van der Waals surface area contributed by atoms with Crippen LogP contribution in [0.4, 0.5) is 10.5 Å². The molecule has 3 N–H and O–H groups in total. The zero-order chi connectivity index (χ0) is 15.9. The Hall–Kier alpha value is -2.21. The lowest BCUT2D eigenvalue weighted by Gasteiger charge is -2.42. The zero-order valence-corrected chi connectivity index (χ0v) is 12.8. The molecule has 3 rings (SSSR count). The molecule has 2 atom stereocenters. The van der Waals surface area contributed by atoms with E-state index in [0.717, 1.165) is 16.5 Å². The van der Waals surface area contributed by atoms with Crippen LogP contribution >= 0.6 is 0 Å². The Balaban J connectivity index is 1.83. The van der Waals surface area contributed by atoms with Crippen LogP contribution in [0.2, 0.25) is 0 Å². The summed E-state index contributed by atoms with van der Waals surface area (Å²) < 4.78 is 5.58. The Bertz CT molecular complexity index is 697. The zero-order valence-electron chi connectivity index (χ0n) is 12.8. The van der Waals surface area contributed by atoms with Crippen molar-refractivity contribution in [2.24, 2.45) is 0 Å². The average molecular weight is 303 g/mol. The van der Waals surface area contributed by atoms with Crippen LogP contribution in [0, 0.1) is 0 Å². The summed E-state index contributed by atoms with van der Waals surface area (Å²) in [5.41, 5.74) is 8.58. The quantitative estimate of drug-likeness (QED) is 0.833. The van der Waals surface area contributed by atoms with Crippen molar-refractivity contribution in [3.05, 3.63) is 30.0 Å². The maximum atomic E-state index is 11.2. The molecule has 1 aromatic carbocycles. The summed E-state index contributed by atoms with van der Waals surface area (Å²) in [6.45, 7) is 5.90. The van der Waals surface area contributed by atoms with E-state index in [1.165, 1.54) is 4.90 Å². The molecular weight excluding hydrogens is 282 g/mol. The minimum Gasteiger partial charge on any atom is -0.465 e. The monoisotopic (exact) mass is 303 g/mol. The number of nitrogens with zero attached hydrogens (tertiary/aromatic N) is 2. The highest BCUT2D eigenvalue weighted by molar-refractivity contribution is 5.83. The lowest BCUT2D eigenvalue weighted by atomic mass is 10.1. The highest BCUT2D eigenvalue weighted by Gasteiger charge is 2.32. The maximum absolute atomic E-state index is 11.2. The van der Waals surface area contributed by atoms with Crippen molar-refractivity contribution in [3.63, 3.8) is 0 Å². The van der Waals surface area contributed by atoms with Gasteiger partial charge >= 0.3 is 6.09 Å². The smallest absolute Gasteiger partial charge is 0.407 e. The summed E-state index contributed by atoms with van der Waals surface area (Å²) in [5.74, 6) is 0. The van der Waals surface area contributed by atoms with Crippen LogP contribution in [-0.2, 0) is 6.54 Å². The number of furan rings is 1.